The molecule has 0 saturated heterocycles. The zero-order chi connectivity index (χ0) is 12.1. The van der Waals surface area contributed by atoms with Crippen LogP contribution >= 0.6 is 11.3 Å². The highest BCUT2D eigenvalue weighted by atomic mass is 32.1. The van der Waals surface area contributed by atoms with Crippen LogP contribution in [0.2, 0.25) is 0 Å². The summed E-state index contributed by atoms with van der Waals surface area (Å²) in [5.74, 6) is 0.895. The third-order valence-electron chi connectivity index (χ3n) is 2.43. The number of nitrogens with zero attached hydrogens (tertiary/aromatic N) is 2. The zero-order valence-electron chi connectivity index (χ0n) is 9.88. The summed E-state index contributed by atoms with van der Waals surface area (Å²) < 4.78 is 5.36. The van der Waals surface area contributed by atoms with Gasteiger partial charge in [-0.15, -0.1) is 11.3 Å². The van der Waals surface area contributed by atoms with Gasteiger partial charge in [-0.05, 0) is 18.0 Å². The van der Waals surface area contributed by atoms with Crippen LogP contribution in [-0.2, 0) is 0 Å². The third-order valence-corrected chi connectivity index (χ3v) is 3.39. The molecule has 0 aliphatic heterocycles. The van der Waals surface area contributed by atoms with Crippen molar-refractivity contribution in [2.45, 2.75) is 13.0 Å². The Labute approximate surface area is 105 Å². The summed E-state index contributed by atoms with van der Waals surface area (Å²) >= 11 is 1.66. The standard InChI is InChI=1S/C12H15N3OS/c1-3-14-11(9-8-13-5-6-15-9)12-10(16-2)4-7-17-12/h4-8,11,14H,3H2,1-2H3. The van der Waals surface area contributed by atoms with Crippen LogP contribution in [0.1, 0.15) is 23.5 Å². The lowest BCUT2D eigenvalue weighted by atomic mass is 10.1. The van der Waals surface area contributed by atoms with E-state index in [-0.39, 0.29) is 6.04 Å². The maximum atomic E-state index is 5.36. The average Bonchev–Trinajstić information content (AvgIpc) is 2.85. The van der Waals surface area contributed by atoms with Gasteiger partial charge >= 0.3 is 0 Å². The molecule has 2 heterocycles. The Kier molecular flexibility index (Phi) is 4.06. The molecule has 0 amide bonds. The lowest BCUT2D eigenvalue weighted by Gasteiger charge is -2.16. The van der Waals surface area contributed by atoms with E-state index < -0.39 is 0 Å². The van der Waals surface area contributed by atoms with E-state index in [1.165, 1.54) is 0 Å². The Morgan fingerprint density at radius 2 is 2.35 bits per heavy atom. The Morgan fingerprint density at radius 3 is 3.00 bits per heavy atom. The second-order valence-corrected chi connectivity index (χ2v) is 4.42. The molecular formula is C12H15N3OS. The number of hydrogen-bond acceptors (Lipinski definition) is 5. The topological polar surface area (TPSA) is 47.0 Å². The minimum Gasteiger partial charge on any atom is -0.496 e. The molecule has 0 bridgehead atoms. The van der Waals surface area contributed by atoms with E-state index in [0.29, 0.717) is 0 Å². The van der Waals surface area contributed by atoms with Crippen molar-refractivity contribution in [1.82, 2.24) is 15.3 Å². The van der Waals surface area contributed by atoms with Gasteiger partial charge in [-0.2, -0.15) is 0 Å². The van der Waals surface area contributed by atoms with E-state index in [0.717, 1.165) is 22.9 Å². The minimum atomic E-state index is 0.0450. The van der Waals surface area contributed by atoms with Crippen molar-refractivity contribution in [2.24, 2.45) is 0 Å². The van der Waals surface area contributed by atoms with Gasteiger partial charge in [-0.25, -0.2) is 0 Å². The van der Waals surface area contributed by atoms with Crippen LogP contribution in [0, 0.1) is 0 Å². The van der Waals surface area contributed by atoms with Crippen LogP contribution in [0.25, 0.3) is 0 Å². The molecule has 0 aromatic carbocycles. The smallest absolute Gasteiger partial charge is 0.134 e. The lowest BCUT2D eigenvalue weighted by molar-refractivity contribution is 0.407. The molecular weight excluding hydrogens is 234 g/mol. The Morgan fingerprint density at radius 1 is 1.47 bits per heavy atom. The maximum Gasteiger partial charge on any atom is 0.134 e. The minimum absolute atomic E-state index is 0.0450. The Balaban J connectivity index is 2.36. The largest absolute Gasteiger partial charge is 0.496 e. The van der Waals surface area contributed by atoms with E-state index in [1.807, 2.05) is 11.4 Å². The van der Waals surface area contributed by atoms with Gasteiger partial charge in [0.25, 0.3) is 0 Å². The number of thiophene rings is 1. The molecule has 2 aromatic rings. The molecule has 1 unspecified atom stereocenters. The molecule has 1 atom stereocenters. The maximum absolute atomic E-state index is 5.36. The molecule has 17 heavy (non-hydrogen) atoms. The number of aromatic nitrogens is 2. The van der Waals surface area contributed by atoms with E-state index in [9.17, 15) is 0 Å². The summed E-state index contributed by atoms with van der Waals surface area (Å²) in [5, 5.41) is 5.43. The lowest BCUT2D eigenvalue weighted by Crippen LogP contribution is -2.22. The number of nitrogens with one attached hydrogen (secondary N) is 1. The first kappa shape index (κ1) is 12.0. The summed E-state index contributed by atoms with van der Waals surface area (Å²) in [7, 11) is 1.69. The second-order valence-electron chi connectivity index (χ2n) is 3.47. The van der Waals surface area contributed by atoms with E-state index in [2.05, 4.69) is 22.2 Å². The van der Waals surface area contributed by atoms with Gasteiger partial charge in [0.05, 0.1) is 29.9 Å². The summed E-state index contributed by atoms with van der Waals surface area (Å²) in [6, 6.07) is 2.02. The van der Waals surface area contributed by atoms with Crippen LogP contribution in [0.3, 0.4) is 0 Å². The Hall–Kier alpha value is -1.46. The van der Waals surface area contributed by atoms with Crippen molar-refractivity contribution in [2.75, 3.05) is 13.7 Å². The molecule has 0 radical (unpaired) electrons. The van der Waals surface area contributed by atoms with Crippen LogP contribution in [0.15, 0.2) is 30.0 Å². The first-order valence-electron chi connectivity index (χ1n) is 5.47. The molecule has 4 nitrogen and oxygen atoms in total. The fourth-order valence-corrected chi connectivity index (χ4v) is 2.63. The van der Waals surface area contributed by atoms with Gasteiger partial charge in [0, 0.05) is 12.4 Å². The molecule has 1 N–H and O–H groups in total. The molecule has 5 heteroatoms. The molecule has 0 aliphatic rings. The van der Waals surface area contributed by atoms with Crippen LogP contribution in [0.5, 0.6) is 5.75 Å². The van der Waals surface area contributed by atoms with Crippen LogP contribution in [-0.4, -0.2) is 23.6 Å². The van der Waals surface area contributed by atoms with Gasteiger partial charge in [0.15, 0.2) is 0 Å². The molecule has 0 spiro atoms. The fourth-order valence-electron chi connectivity index (χ4n) is 1.68. The number of methoxy groups -OCH3 is 1. The highest BCUT2D eigenvalue weighted by Gasteiger charge is 2.19. The van der Waals surface area contributed by atoms with Crippen molar-refractivity contribution in [3.8, 4) is 5.75 Å². The SMILES string of the molecule is CCNC(c1cnccn1)c1sccc1OC. The molecule has 0 saturated carbocycles. The number of hydrogen-bond donors (Lipinski definition) is 1. The van der Waals surface area contributed by atoms with Gasteiger partial charge < -0.3 is 10.1 Å². The quantitative estimate of drug-likeness (QED) is 0.883. The van der Waals surface area contributed by atoms with Crippen LogP contribution < -0.4 is 10.1 Å². The monoisotopic (exact) mass is 249 g/mol. The first-order valence-corrected chi connectivity index (χ1v) is 6.35. The average molecular weight is 249 g/mol. The van der Waals surface area contributed by atoms with Gasteiger partial charge in [-0.1, -0.05) is 6.92 Å². The van der Waals surface area contributed by atoms with Crippen molar-refractivity contribution in [3.63, 3.8) is 0 Å². The van der Waals surface area contributed by atoms with E-state index in [1.54, 1.807) is 37.0 Å². The summed E-state index contributed by atoms with van der Waals surface area (Å²) in [4.78, 5) is 9.60. The third kappa shape index (κ3) is 2.62. The van der Waals surface area contributed by atoms with Gasteiger partial charge in [-0.3, -0.25) is 9.97 Å². The molecule has 2 rings (SSSR count). The fraction of sp³-hybridized carbons (Fsp3) is 0.333. The zero-order valence-corrected chi connectivity index (χ0v) is 10.7. The molecule has 2 aromatic heterocycles. The Bertz CT molecular complexity index is 458. The highest BCUT2D eigenvalue weighted by Crippen LogP contribution is 2.33. The predicted octanol–water partition coefficient (Wildman–Crippen LogP) is 2.25. The number of ether oxygens (including phenoxy) is 1. The van der Waals surface area contributed by atoms with Crippen molar-refractivity contribution in [1.29, 1.82) is 0 Å². The summed E-state index contributed by atoms with van der Waals surface area (Å²) in [6.45, 7) is 2.94. The van der Waals surface area contributed by atoms with Crippen molar-refractivity contribution < 1.29 is 4.74 Å². The van der Waals surface area contributed by atoms with Crippen molar-refractivity contribution >= 4 is 11.3 Å². The van der Waals surface area contributed by atoms with Crippen LogP contribution in [0.4, 0.5) is 0 Å². The molecule has 0 fully saturated rings. The highest BCUT2D eigenvalue weighted by molar-refractivity contribution is 7.10. The van der Waals surface area contributed by atoms with Crippen molar-refractivity contribution in [3.05, 3.63) is 40.6 Å². The normalized spacial score (nSPS) is 12.4. The van der Waals surface area contributed by atoms with Gasteiger partial charge in [0.2, 0.25) is 0 Å². The molecule has 90 valence electrons. The van der Waals surface area contributed by atoms with Gasteiger partial charge in [0.1, 0.15) is 5.75 Å². The first-order chi connectivity index (χ1) is 8.36. The van der Waals surface area contributed by atoms with E-state index >= 15 is 0 Å². The summed E-state index contributed by atoms with van der Waals surface area (Å²) in [5.41, 5.74) is 0.912. The predicted molar refractivity (Wildman–Crippen MR) is 68.4 cm³/mol. The number of rotatable bonds is 5. The van der Waals surface area contributed by atoms with E-state index in [4.69, 9.17) is 4.74 Å². The molecule has 0 aliphatic carbocycles. The summed E-state index contributed by atoms with van der Waals surface area (Å²) in [6.07, 6.45) is 5.17. The second kappa shape index (κ2) is 5.75.